The molecule has 4 N–H and O–H groups in total. The van der Waals surface area contributed by atoms with E-state index in [1.165, 1.54) is 12.1 Å². The van der Waals surface area contributed by atoms with Gasteiger partial charge in [0.1, 0.15) is 0 Å². The van der Waals surface area contributed by atoms with Crippen molar-refractivity contribution in [2.45, 2.75) is 37.2 Å². The van der Waals surface area contributed by atoms with Crippen molar-refractivity contribution in [3.8, 4) is 0 Å². The summed E-state index contributed by atoms with van der Waals surface area (Å²) in [5.74, 6) is -0.458. The Kier molecular flexibility index (Phi) is 6.50. The van der Waals surface area contributed by atoms with E-state index in [4.69, 9.17) is 0 Å². The van der Waals surface area contributed by atoms with Crippen LogP contribution in [0, 0.1) is 6.92 Å². The Balaban J connectivity index is 1.46. The maximum atomic E-state index is 12.3. The molecule has 0 atom stereocenters. The van der Waals surface area contributed by atoms with E-state index in [0.29, 0.717) is 12.2 Å². The van der Waals surface area contributed by atoms with Crippen molar-refractivity contribution in [2.75, 3.05) is 11.9 Å². The molecule has 2 aromatic carbocycles. The van der Waals surface area contributed by atoms with Crippen LogP contribution in [0.25, 0.3) is 0 Å². The number of carbonyl (C=O) groups is 2. The average molecular weight is 417 g/mol. The highest BCUT2D eigenvalue weighted by Gasteiger charge is 2.28. The monoisotopic (exact) mass is 416 g/mol. The van der Waals surface area contributed by atoms with Crippen LogP contribution in [0.5, 0.6) is 0 Å². The van der Waals surface area contributed by atoms with E-state index in [-0.39, 0.29) is 17.5 Å². The molecule has 0 aliphatic heterocycles. The number of sulfonamides is 1. The van der Waals surface area contributed by atoms with Gasteiger partial charge in [0.15, 0.2) is 0 Å². The second-order valence-electron chi connectivity index (χ2n) is 6.99. The zero-order valence-corrected chi connectivity index (χ0v) is 16.9. The first-order valence-corrected chi connectivity index (χ1v) is 10.8. The summed E-state index contributed by atoms with van der Waals surface area (Å²) in [5, 5.41) is 7.73. The van der Waals surface area contributed by atoms with E-state index in [1.807, 2.05) is 31.2 Å². The van der Waals surface area contributed by atoms with Gasteiger partial charge in [-0.15, -0.1) is 0 Å². The number of benzene rings is 2. The number of amides is 3. The first-order valence-electron chi connectivity index (χ1n) is 9.31. The summed E-state index contributed by atoms with van der Waals surface area (Å²) in [6.07, 6.45) is 1.68. The van der Waals surface area contributed by atoms with Crippen LogP contribution in [-0.4, -0.2) is 32.9 Å². The summed E-state index contributed by atoms with van der Waals surface area (Å²) in [4.78, 5) is 24.0. The lowest BCUT2D eigenvalue weighted by Crippen LogP contribution is -2.39. The Morgan fingerprint density at radius 1 is 1.03 bits per heavy atom. The molecule has 1 aliphatic carbocycles. The summed E-state index contributed by atoms with van der Waals surface area (Å²) >= 11 is 0. The molecule has 0 unspecified atom stereocenters. The highest BCUT2D eigenvalue weighted by molar-refractivity contribution is 7.89. The number of nitrogens with one attached hydrogen (secondary N) is 4. The second-order valence-corrected chi connectivity index (χ2v) is 8.71. The number of rotatable bonds is 8. The molecule has 1 aliphatic rings. The molecular weight excluding hydrogens is 392 g/mol. The molecule has 1 saturated carbocycles. The van der Waals surface area contributed by atoms with E-state index in [9.17, 15) is 18.0 Å². The number of urea groups is 1. The molecule has 0 radical (unpaired) electrons. The molecule has 29 heavy (non-hydrogen) atoms. The average Bonchev–Trinajstić information content (AvgIpc) is 3.49. The Morgan fingerprint density at radius 3 is 2.45 bits per heavy atom. The Morgan fingerprint density at radius 2 is 1.76 bits per heavy atom. The van der Waals surface area contributed by atoms with E-state index in [0.717, 1.165) is 24.0 Å². The third-order valence-electron chi connectivity index (χ3n) is 4.31. The van der Waals surface area contributed by atoms with Crippen LogP contribution < -0.4 is 20.7 Å². The van der Waals surface area contributed by atoms with Crippen LogP contribution in [0.4, 0.5) is 10.5 Å². The molecule has 0 spiro atoms. The van der Waals surface area contributed by atoms with Gasteiger partial charge in [0.05, 0.1) is 11.4 Å². The van der Waals surface area contributed by atoms with E-state index < -0.39 is 22.0 Å². The predicted molar refractivity (Wildman–Crippen MR) is 110 cm³/mol. The first-order chi connectivity index (χ1) is 13.8. The number of aryl methyl sites for hydroxylation is 1. The molecule has 0 bridgehead atoms. The summed E-state index contributed by atoms with van der Waals surface area (Å²) in [5.41, 5.74) is 2.43. The molecule has 9 heteroatoms. The molecule has 1 fully saturated rings. The molecule has 0 aromatic heterocycles. The third-order valence-corrected chi connectivity index (χ3v) is 5.83. The number of hydrogen-bond donors (Lipinski definition) is 4. The zero-order valence-electron chi connectivity index (χ0n) is 16.1. The minimum atomic E-state index is -3.60. The van der Waals surface area contributed by atoms with Crippen molar-refractivity contribution in [3.63, 3.8) is 0 Å². The van der Waals surface area contributed by atoms with Gasteiger partial charge in [-0.05, 0) is 43.5 Å². The van der Waals surface area contributed by atoms with Gasteiger partial charge < -0.3 is 16.0 Å². The van der Waals surface area contributed by atoms with Crippen molar-refractivity contribution in [1.82, 2.24) is 15.4 Å². The van der Waals surface area contributed by atoms with Crippen molar-refractivity contribution in [3.05, 3.63) is 59.7 Å². The van der Waals surface area contributed by atoms with E-state index in [2.05, 4.69) is 20.7 Å². The van der Waals surface area contributed by atoms with Crippen molar-refractivity contribution in [1.29, 1.82) is 0 Å². The van der Waals surface area contributed by atoms with Crippen LogP contribution >= 0.6 is 0 Å². The van der Waals surface area contributed by atoms with Gasteiger partial charge in [0, 0.05) is 18.3 Å². The maximum Gasteiger partial charge on any atom is 0.315 e. The zero-order chi connectivity index (χ0) is 20.9. The van der Waals surface area contributed by atoms with Gasteiger partial charge in [-0.2, -0.15) is 0 Å². The lowest BCUT2D eigenvalue weighted by molar-refractivity contribution is -0.115. The topological polar surface area (TPSA) is 116 Å². The Hall–Kier alpha value is -2.91. The Bertz CT molecular complexity index is 986. The summed E-state index contributed by atoms with van der Waals surface area (Å²) in [7, 11) is -3.60. The minimum absolute atomic E-state index is 0.000805. The minimum Gasteiger partial charge on any atom is -0.334 e. The van der Waals surface area contributed by atoms with Gasteiger partial charge in [-0.25, -0.2) is 17.9 Å². The molecular formula is C20H24N4O4S. The van der Waals surface area contributed by atoms with Gasteiger partial charge in [0.2, 0.25) is 15.9 Å². The molecule has 2 aromatic rings. The Labute approximate surface area is 170 Å². The highest BCUT2D eigenvalue weighted by Crippen LogP contribution is 2.23. The second kappa shape index (κ2) is 9.06. The van der Waals surface area contributed by atoms with Crippen molar-refractivity contribution >= 4 is 27.6 Å². The first kappa shape index (κ1) is 20.8. The fourth-order valence-electron chi connectivity index (χ4n) is 2.55. The molecule has 8 nitrogen and oxygen atoms in total. The van der Waals surface area contributed by atoms with Gasteiger partial charge in [-0.1, -0.05) is 35.9 Å². The smallest absolute Gasteiger partial charge is 0.315 e. The van der Waals surface area contributed by atoms with Crippen LogP contribution in [0.3, 0.4) is 0 Å². The van der Waals surface area contributed by atoms with Crippen LogP contribution in [-0.2, 0) is 21.4 Å². The SMILES string of the molecule is Cc1ccc(CNC(=O)NCC(=O)Nc2cccc(S(=O)(=O)NC3CC3)c2)cc1. The largest absolute Gasteiger partial charge is 0.334 e. The number of hydrogen-bond acceptors (Lipinski definition) is 4. The number of carbonyl (C=O) groups excluding carboxylic acids is 2. The lowest BCUT2D eigenvalue weighted by Gasteiger charge is -2.10. The van der Waals surface area contributed by atoms with Crippen molar-refractivity contribution < 1.29 is 18.0 Å². The fourth-order valence-corrected chi connectivity index (χ4v) is 3.90. The molecule has 3 rings (SSSR count). The standard InChI is InChI=1S/C20H24N4O4S/c1-14-5-7-15(8-6-14)12-21-20(26)22-13-19(25)23-17-3-2-4-18(11-17)29(27,28)24-16-9-10-16/h2-8,11,16,24H,9-10,12-13H2,1H3,(H,23,25)(H2,21,22,26). The summed E-state index contributed by atoms with van der Waals surface area (Å²) in [6, 6.07) is 13.3. The summed E-state index contributed by atoms with van der Waals surface area (Å²) in [6.45, 7) is 2.09. The van der Waals surface area contributed by atoms with Crippen LogP contribution in [0.15, 0.2) is 53.4 Å². The fraction of sp³-hybridized carbons (Fsp3) is 0.300. The molecule has 0 saturated heterocycles. The van der Waals surface area contributed by atoms with Gasteiger partial charge >= 0.3 is 6.03 Å². The quantitative estimate of drug-likeness (QED) is 0.526. The third kappa shape index (κ3) is 6.58. The molecule has 3 amide bonds. The van der Waals surface area contributed by atoms with Gasteiger partial charge in [-0.3, -0.25) is 4.79 Å². The predicted octanol–water partition coefficient (Wildman–Crippen LogP) is 1.87. The van der Waals surface area contributed by atoms with E-state index >= 15 is 0 Å². The van der Waals surface area contributed by atoms with E-state index in [1.54, 1.807) is 12.1 Å². The normalized spacial score (nSPS) is 13.6. The van der Waals surface area contributed by atoms with Gasteiger partial charge in [0.25, 0.3) is 0 Å². The molecule has 0 heterocycles. The summed E-state index contributed by atoms with van der Waals surface area (Å²) < 4.78 is 27.1. The highest BCUT2D eigenvalue weighted by atomic mass is 32.2. The van der Waals surface area contributed by atoms with Crippen LogP contribution in [0.1, 0.15) is 24.0 Å². The van der Waals surface area contributed by atoms with Crippen molar-refractivity contribution in [2.24, 2.45) is 0 Å². The maximum absolute atomic E-state index is 12.3. The lowest BCUT2D eigenvalue weighted by atomic mass is 10.1. The number of anilines is 1. The molecule has 154 valence electrons. The van der Waals surface area contributed by atoms with Crippen LogP contribution in [0.2, 0.25) is 0 Å².